The van der Waals surface area contributed by atoms with Gasteiger partial charge in [0.2, 0.25) is 5.13 Å². The van der Waals surface area contributed by atoms with Gasteiger partial charge in [-0.25, -0.2) is 4.98 Å². The summed E-state index contributed by atoms with van der Waals surface area (Å²) < 4.78 is 0. The summed E-state index contributed by atoms with van der Waals surface area (Å²) in [4.78, 5) is 16.4. The lowest BCUT2D eigenvalue weighted by molar-refractivity contribution is 0.102. The molecule has 0 aliphatic heterocycles. The standard InChI is InChI=1S/C16H17N5OS2.ClH/c1-16(2,10-6-4-3-5-7-10)14-20-21-15(24-14)19-13(22)11-9-23-12(8-17)18-11;/h3-7,9H,8,17H2,1-2H3,(H,19,21,22);1H. The van der Waals surface area contributed by atoms with Crippen molar-refractivity contribution in [2.45, 2.75) is 25.8 Å². The minimum atomic E-state index is -0.300. The molecule has 1 amide bonds. The summed E-state index contributed by atoms with van der Waals surface area (Å²) in [5.74, 6) is -0.300. The van der Waals surface area contributed by atoms with Gasteiger partial charge in [-0.3, -0.25) is 10.1 Å². The van der Waals surface area contributed by atoms with Crippen LogP contribution in [0.15, 0.2) is 35.7 Å². The number of amides is 1. The van der Waals surface area contributed by atoms with Crippen molar-refractivity contribution in [2.75, 3.05) is 5.32 Å². The summed E-state index contributed by atoms with van der Waals surface area (Å²) in [5, 5.41) is 14.8. The molecule has 2 aromatic heterocycles. The maximum Gasteiger partial charge on any atom is 0.276 e. The van der Waals surface area contributed by atoms with Crippen molar-refractivity contribution in [3.63, 3.8) is 0 Å². The molecule has 3 aromatic rings. The molecule has 25 heavy (non-hydrogen) atoms. The number of halogens is 1. The van der Waals surface area contributed by atoms with Crippen LogP contribution in [0, 0.1) is 0 Å². The van der Waals surface area contributed by atoms with Crippen LogP contribution < -0.4 is 11.1 Å². The van der Waals surface area contributed by atoms with Crippen LogP contribution >= 0.6 is 35.1 Å². The van der Waals surface area contributed by atoms with E-state index in [1.165, 1.54) is 22.7 Å². The van der Waals surface area contributed by atoms with Crippen molar-refractivity contribution in [1.82, 2.24) is 15.2 Å². The number of benzene rings is 1. The Bertz CT molecular complexity index is 847. The molecular weight excluding hydrogens is 378 g/mol. The number of thiazole rings is 1. The van der Waals surface area contributed by atoms with E-state index < -0.39 is 0 Å². The number of hydrogen-bond donors (Lipinski definition) is 2. The smallest absolute Gasteiger partial charge is 0.276 e. The van der Waals surface area contributed by atoms with Gasteiger partial charge in [-0.15, -0.1) is 33.9 Å². The molecule has 0 unspecified atom stereocenters. The topological polar surface area (TPSA) is 93.8 Å². The molecule has 0 saturated carbocycles. The summed E-state index contributed by atoms with van der Waals surface area (Å²) in [6.07, 6.45) is 0. The molecule has 0 aliphatic rings. The molecule has 2 heterocycles. The van der Waals surface area contributed by atoms with Crippen LogP contribution in [0.5, 0.6) is 0 Å². The molecule has 132 valence electrons. The monoisotopic (exact) mass is 395 g/mol. The second-order valence-electron chi connectivity index (χ2n) is 5.69. The first kappa shape index (κ1) is 19.5. The van der Waals surface area contributed by atoms with E-state index in [4.69, 9.17) is 5.73 Å². The van der Waals surface area contributed by atoms with Crippen molar-refractivity contribution >= 4 is 46.1 Å². The average molecular weight is 396 g/mol. The Kier molecular flexibility index (Phi) is 6.23. The highest BCUT2D eigenvalue weighted by Gasteiger charge is 2.28. The average Bonchev–Trinajstić information content (AvgIpc) is 3.25. The van der Waals surface area contributed by atoms with Crippen molar-refractivity contribution in [3.05, 3.63) is 57.0 Å². The number of anilines is 1. The highest BCUT2D eigenvalue weighted by atomic mass is 35.5. The van der Waals surface area contributed by atoms with Crippen LogP contribution in [0.25, 0.3) is 0 Å². The van der Waals surface area contributed by atoms with Gasteiger partial charge >= 0.3 is 0 Å². The molecule has 0 saturated heterocycles. The quantitative estimate of drug-likeness (QED) is 0.689. The summed E-state index contributed by atoms with van der Waals surface area (Å²) in [7, 11) is 0. The molecule has 0 radical (unpaired) electrons. The third-order valence-electron chi connectivity index (χ3n) is 3.63. The van der Waals surface area contributed by atoms with Gasteiger partial charge < -0.3 is 5.73 Å². The molecule has 3 rings (SSSR count). The SMILES string of the molecule is CC(C)(c1ccccc1)c1nnc(NC(=O)c2csc(CN)n2)s1.Cl. The number of nitrogens with two attached hydrogens (primary N) is 1. The van der Waals surface area contributed by atoms with Crippen molar-refractivity contribution in [2.24, 2.45) is 5.73 Å². The molecule has 6 nitrogen and oxygen atoms in total. The number of rotatable bonds is 5. The van der Waals surface area contributed by atoms with Gasteiger partial charge in [0.15, 0.2) is 0 Å². The molecule has 1 aromatic carbocycles. The van der Waals surface area contributed by atoms with E-state index in [-0.39, 0.29) is 23.7 Å². The third kappa shape index (κ3) is 4.21. The Morgan fingerprint density at radius 3 is 2.60 bits per heavy atom. The van der Waals surface area contributed by atoms with E-state index >= 15 is 0 Å². The highest BCUT2D eigenvalue weighted by molar-refractivity contribution is 7.15. The molecule has 0 bridgehead atoms. The minimum Gasteiger partial charge on any atom is -0.325 e. The van der Waals surface area contributed by atoms with Crippen LogP contribution in [0.2, 0.25) is 0 Å². The van der Waals surface area contributed by atoms with Crippen LogP contribution in [0.4, 0.5) is 5.13 Å². The zero-order valence-electron chi connectivity index (χ0n) is 13.7. The van der Waals surface area contributed by atoms with Crippen LogP contribution in [0.3, 0.4) is 0 Å². The van der Waals surface area contributed by atoms with E-state index in [0.717, 1.165) is 15.6 Å². The molecule has 0 atom stereocenters. The Balaban J connectivity index is 0.00000225. The lowest BCUT2D eigenvalue weighted by Crippen LogP contribution is -2.18. The first-order valence-corrected chi connectivity index (χ1v) is 9.05. The second kappa shape index (κ2) is 8.01. The summed E-state index contributed by atoms with van der Waals surface area (Å²) >= 11 is 2.73. The molecular formula is C16H18ClN5OS2. The first-order chi connectivity index (χ1) is 11.5. The Morgan fingerprint density at radius 1 is 1.24 bits per heavy atom. The van der Waals surface area contributed by atoms with Gasteiger partial charge in [0, 0.05) is 17.3 Å². The molecule has 9 heteroatoms. The van der Waals surface area contributed by atoms with E-state index in [1.54, 1.807) is 5.38 Å². The third-order valence-corrected chi connectivity index (χ3v) is 5.67. The number of hydrogen-bond acceptors (Lipinski definition) is 7. The summed E-state index contributed by atoms with van der Waals surface area (Å²) in [6, 6.07) is 10.1. The number of aromatic nitrogens is 3. The Labute approximate surface area is 159 Å². The number of carbonyl (C=O) groups excluding carboxylic acids is 1. The van der Waals surface area contributed by atoms with Gasteiger partial charge in [-0.2, -0.15) is 0 Å². The van der Waals surface area contributed by atoms with E-state index in [2.05, 4.69) is 46.5 Å². The maximum atomic E-state index is 12.2. The summed E-state index contributed by atoms with van der Waals surface area (Å²) in [6.45, 7) is 4.50. The predicted octanol–water partition coefficient (Wildman–Crippen LogP) is 3.45. The lowest BCUT2D eigenvalue weighted by Gasteiger charge is -2.21. The van der Waals surface area contributed by atoms with Crippen LogP contribution in [0.1, 0.15) is 39.9 Å². The van der Waals surface area contributed by atoms with Crippen molar-refractivity contribution < 1.29 is 4.79 Å². The Hall–Kier alpha value is -1.87. The van der Waals surface area contributed by atoms with Crippen molar-refractivity contribution in [1.29, 1.82) is 0 Å². The number of carbonyl (C=O) groups is 1. The number of nitrogens with zero attached hydrogens (tertiary/aromatic N) is 3. The van der Waals surface area contributed by atoms with Crippen LogP contribution in [-0.4, -0.2) is 21.1 Å². The van der Waals surface area contributed by atoms with Gasteiger partial charge in [-0.05, 0) is 19.4 Å². The maximum absolute atomic E-state index is 12.2. The molecule has 0 fully saturated rings. The normalized spacial score (nSPS) is 11.0. The summed E-state index contributed by atoms with van der Waals surface area (Å²) in [5.41, 5.74) is 6.73. The van der Waals surface area contributed by atoms with Gasteiger partial charge in [0.05, 0.1) is 0 Å². The van der Waals surface area contributed by atoms with Gasteiger partial charge in [0.1, 0.15) is 15.7 Å². The number of nitrogens with one attached hydrogen (secondary N) is 1. The largest absolute Gasteiger partial charge is 0.325 e. The fourth-order valence-electron chi connectivity index (χ4n) is 2.17. The van der Waals surface area contributed by atoms with E-state index in [9.17, 15) is 4.79 Å². The zero-order valence-corrected chi connectivity index (χ0v) is 16.2. The molecule has 0 aliphatic carbocycles. The van der Waals surface area contributed by atoms with Gasteiger partial charge in [-0.1, -0.05) is 41.7 Å². The highest BCUT2D eigenvalue weighted by Crippen LogP contribution is 2.34. The second-order valence-corrected chi connectivity index (χ2v) is 7.61. The van der Waals surface area contributed by atoms with Gasteiger partial charge in [0.25, 0.3) is 5.91 Å². The van der Waals surface area contributed by atoms with Crippen molar-refractivity contribution in [3.8, 4) is 0 Å². The molecule has 3 N–H and O–H groups in total. The Morgan fingerprint density at radius 2 is 1.96 bits per heavy atom. The minimum absolute atomic E-state index is 0. The fourth-order valence-corrected chi connectivity index (χ4v) is 3.69. The van der Waals surface area contributed by atoms with Crippen LogP contribution in [-0.2, 0) is 12.0 Å². The fraction of sp³-hybridized carbons (Fsp3) is 0.250. The first-order valence-electron chi connectivity index (χ1n) is 7.36. The zero-order chi connectivity index (χ0) is 17.2. The molecule has 0 spiro atoms. The predicted molar refractivity (Wildman–Crippen MR) is 104 cm³/mol. The van der Waals surface area contributed by atoms with E-state index in [1.807, 2.05) is 18.2 Å². The van der Waals surface area contributed by atoms with E-state index in [0.29, 0.717) is 17.4 Å². The lowest BCUT2D eigenvalue weighted by atomic mass is 9.85.